The van der Waals surface area contributed by atoms with Gasteiger partial charge >= 0.3 is 0 Å². The number of rotatable bonds is 4. The molecule has 5 nitrogen and oxygen atoms in total. The van der Waals surface area contributed by atoms with Crippen molar-refractivity contribution in [3.05, 3.63) is 63.2 Å². The molecule has 0 bridgehead atoms. The minimum atomic E-state index is -0.428. The molecule has 0 fully saturated rings. The summed E-state index contributed by atoms with van der Waals surface area (Å²) in [5.41, 5.74) is 1.58. The molecule has 6 heteroatoms. The van der Waals surface area contributed by atoms with Crippen molar-refractivity contribution >= 4 is 23.0 Å². The van der Waals surface area contributed by atoms with Crippen molar-refractivity contribution in [1.29, 1.82) is 0 Å². The molecule has 1 heterocycles. The van der Waals surface area contributed by atoms with Gasteiger partial charge in [-0.15, -0.1) is 0 Å². The highest BCUT2D eigenvalue weighted by Gasteiger charge is 2.23. The number of hydrogen-bond acceptors (Lipinski definition) is 4. The largest absolute Gasteiger partial charge is 0.488 e. The third-order valence-electron chi connectivity index (χ3n) is 3.39. The fourth-order valence-corrected chi connectivity index (χ4v) is 2.57. The summed E-state index contributed by atoms with van der Waals surface area (Å²) in [6.07, 6.45) is 0.748. The molecule has 0 spiro atoms. The Hall–Kier alpha value is -2.27. The Morgan fingerprint density at radius 1 is 1.33 bits per heavy atom. The molecule has 1 unspecified atom stereocenters. The first kappa shape index (κ1) is 13.7. The molecule has 0 saturated carbocycles. The van der Waals surface area contributed by atoms with Crippen LogP contribution in [0, 0.1) is 10.1 Å². The predicted molar refractivity (Wildman–Crippen MR) is 81.2 cm³/mol. The average molecular weight is 305 g/mol. The average Bonchev–Trinajstić information content (AvgIpc) is 2.87. The van der Waals surface area contributed by atoms with E-state index in [0.29, 0.717) is 17.3 Å². The van der Waals surface area contributed by atoms with Crippen molar-refractivity contribution < 1.29 is 9.66 Å². The maximum absolute atomic E-state index is 11.0. The topological polar surface area (TPSA) is 64.4 Å². The van der Waals surface area contributed by atoms with Crippen molar-refractivity contribution in [2.45, 2.75) is 12.5 Å². The van der Waals surface area contributed by atoms with E-state index < -0.39 is 4.92 Å². The molecule has 0 amide bonds. The first-order chi connectivity index (χ1) is 10.1. The predicted octanol–water partition coefficient (Wildman–Crippen LogP) is 3.66. The highest BCUT2D eigenvalue weighted by atomic mass is 35.5. The number of anilines is 1. The van der Waals surface area contributed by atoms with Crippen molar-refractivity contribution in [3.8, 4) is 5.75 Å². The van der Waals surface area contributed by atoms with E-state index in [4.69, 9.17) is 16.3 Å². The zero-order chi connectivity index (χ0) is 14.8. The van der Waals surface area contributed by atoms with Gasteiger partial charge in [-0.1, -0.05) is 29.8 Å². The number of nitro benzene ring substituents is 1. The van der Waals surface area contributed by atoms with Crippen molar-refractivity contribution in [2.75, 3.05) is 11.9 Å². The molecule has 0 radical (unpaired) electrons. The molecule has 1 aliphatic rings. The smallest absolute Gasteiger partial charge is 0.292 e. The minimum Gasteiger partial charge on any atom is -0.488 e. The van der Waals surface area contributed by atoms with Crippen molar-refractivity contribution in [1.82, 2.24) is 0 Å². The Kier molecular flexibility index (Phi) is 3.66. The lowest BCUT2D eigenvalue weighted by molar-refractivity contribution is -0.384. The normalized spacial score (nSPS) is 16.1. The zero-order valence-corrected chi connectivity index (χ0v) is 11.8. The van der Waals surface area contributed by atoms with Gasteiger partial charge in [0.1, 0.15) is 17.5 Å². The summed E-state index contributed by atoms with van der Waals surface area (Å²) in [5.74, 6) is 0.880. The van der Waals surface area contributed by atoms with Gasteiger partial charge in [0.15, 0.2) is 0 Å². The summed E-state index contributed by atoms with van der Waals surface area (Å²) in [6, 6.07) is 12.3. The maximum atomic E-state index is 11.0. The van der Waals surface area contributed by atoms with E-state index in [-0.39, 0.29) is 11.8 Å². The van der Waals surface area contributed by atoms with Crippen LogP contribution in [0.15, 0.2) is 42.5 Å². The molecule has 1 aliphatic heterocycles. The number of benzene rings is 2. The summed E-state index contributed by atoms with van der Waals surface area (Å²) >= 11 is 5.90. The Bertz CT molecular complexity index is 665. The van der Waals surface area contributed by atoms with Crippen LogP contribution in [0.2, 0.25) is 5.02 Å². The number of nitrogens with one attached hydrogen (secondary N) is 1. The molecular formula is C15H13ClN2O3. The Morgan fingerprint density at radius 3 is 2.90 bits per heavy atom. The molecule has 0 aliphatic carbocycles. The lowest BCUT2D eigenvalue weighted by atomic mass is 10.1. The number of ether oxygens (including phenoxy) is 1. The van der Waals surface area contributed by atoms with Crippen LogP contribution in [0.1, 0.15) is 5.56 Å². The molecule has 2 aromatic carbocycles. The van der Waals surface area contributed by atoms with E-state index >= 15 is 0 Å². The van der Waals surface area contributed by atoms with E-state index in [2.05, 4.69) is 5.32 Å². The molecule has 1 N–H and O–H groups in total. The summed E-state index contributed by atoms with van der Waals surface area (Å²) in [6.45, 7) is 0.482. The van der Waals surface area contributed by atoms with Crippen LogP contribution in [0.25, 0.3) is 0 Å². The number of para-hydroxylation sites is 1. The maximum Gasteiger partial charge on any atom is 0.292 e. The SMILES string of the molecule is O=[N+]([O-])c1ccc(Cl)cc1NCC1Cc2ccccc2O1. The summed E-state index contributed by atoms with van der Waals surface area (Å²) in [5, 5.41) is 14.5. The molecule has 108 valence electrons. The number of halogens is 1. The van der Waals surface area contributed by atoms with Gasteiger partial charge in [0.05, 0.1) is 11.5 Å². The van der Waals surface area contributed by atoms with E-state index in [1.54, 1.807) is 6.07 Å². The minimum absolute atomic E-state index is 0.00918. The summed E-state index contributed by atoms with van der Waals surface area (Å²) < 4.78 is 5.79. The summed E-state index contributed by atoms with van der Waals surface area (Å²) in [7, 11) is 0. The summed E-state index contributed by atoms with van der Waals surface area (Å²) in [4.78, 5) is 10.6. The molecule has 0 saturated heterocycles. The monoisotopic (exact) mass is 304 g/mol. The van der Waals surface area contributed by atoms with Gasteiger partial charge in [0, 0.05) is 17.5 Å². The van der Waals surface area contributed by atoms with Crippen LogP contribution in [-0.2, 0) is 6.42 Å². The zero-order valence-electron chi connectivity index (χ0n) is 11.1. The van der Waals surface area contributed by atoms with Crippen LogP contribution in [-0.4, -0.2) is 17.6 Å². The van der Waals surface area contributed by atoms with E-state index in [1.807, 2.05) is 24.3 Å². The molecule has 21 heavy (non-hydrogen) atoms. The van der Waals surface area contributed by atoms with E-state index in [0.717, 1.165) is 17.7 Å². The Morgan fingerprint density at radius 2 is 2.14 bits per heavy atom. The Balaban J connectivity index is 1.69. The van der Waals surface area contributed by atoms with Gasteiger partial charge in [-0.3, -0.25) is 10.1 Å². The van der Waals surface area contributed by atoms with Crippen LogP contribution < -0.4 is 10.1 Å². The number of fused-ring (bicyclic) bond motifs is 1. The third-order valence-corrected chi connectivity index (χ3v) is 3.62. The number of hydrogen-bond donors (Lipinski definition) is 1. The first-order valence-electron chi connectivity index (χ1n) is 6.56. The van der Waals surface area contributed by atoms with Crippen LogP contribution in [0.4, 0.5) is 11.4 Å². The standard InChI is InChI=1S/C15H13ClN2O3/c16-11-5-6-14(18(19)20)13(8-11)17-9-12-7-10-3-1-2-4-15(10)21-12/h1-6,8,12,17H,7,9H2. The van der Waals surface area contributed by atoms with E-state index in [9.17, 15) is 10.1 Å². The van der Waals surface area contributed by atoms with Crippen molar-refractivity contribution in [2.24, 2.45) is 0 Å². The van der Waals surface area contributed by atoms with Gasteiger partial charge in [-0.25, -0.2) is 0 Å². The second kappa shape index (κ2) is 5.61. The highest BCUT2D eigenvalue weighted by Crippen LogP contribution is 2.30. The van der Waals surface area contributed by atoms with Gasteiger partial charge in [-0.2, -0.15) is 0 Å². The fourth-order valence-electron chi connectivity index (χ4n) is 2.40. The van der Waals surface area contributed by atoms with Gasteiger partial charge in [0.25, 0.3) is 5.69 Å². The fraction of sp³-hybridized carbons (Fsp3) is 0.200. The molecule has 2 aromatic rings. The first-order valence-corrected chi connectivity index (χ1v) is 6.93. The van der Waals surface area contributed by atoms with Gasteiger partial charge in [0.2, 0.25) is 0 Å². The molecule has 0 aromatic heterocycles. The molecular weight excluding hydrogens is 292 g/mol. The number of nitrogens with zero attached hydrogens (tertiary/aromatic N) is 1. The second-order valence-electron chi connectivity index (χ2n) is 4.85. The van der Waals surface area contributed by atoms with Crippen LogP contribution in [0.3, 0.4) is 0 Å². The van der Waals surface area contributed by atoms with Crippen LogP contribution in [0.5, 0.6) is 5.75 Å². The Labute approximate surface area is 126 Å². The highest BCUT2D eigenvalue weighted by molar-refractivity contribution is 6.31. The molecule has 1 atom stereocenters. The van der Waals surface area contributed by atoms with Crippen LogP contribution >= 0.6 is 11.6 Å². The van der Waals surface area contributed by atoms with Crippen molar-refractivity contribution in [3.63, 3.8) is 0 Å². The van der Waals surface area contributed by atoms with Gasteiger partial charge < -0.3 is 10.1 Å². The van der Waals surface area contributed by atoms with Gasteiger partial charge in [-0.05, 0) is 23.8 Å². The third kappa shape index (κ3) is 2.92. The number of nitro groups is 1. The lowest BCUT2D eigenvalue weighted by Crippen LogP contribution is -2.24. The van der Waals surface area contributed by atoms with E-state index in [1.165, 1.54) is 12.1 Å². The molecule has 3 rings (SSSR count). The second-order valence-corrected chi connectivity index (χ2v) is 5.29. The quantitative estimate of drug-likeness (QED) is 0.691. The lowest BCUT2D eigenvalue weighted by Gasteiger charge is -2.13.